The summed E-state index contributed by atoms with van der Waals surface area (Å²) in [6.07, 6.45) is 0.185. The van der Waals surface area contributed by atoms with Gasteiger partial charge in [-0.1, -0.05) is 26.7 Å². The maximum atomic E-state index is 11.9. The molecule has 3 nitrogen and oxygen atoms in total. The highest BCUT2D eigenvalue weighted by Gasteiger charge is 2.57. The highest BCUT2D eigenvalue weighted by Crippen LogP contribution is 2.51. The van der Waals surface area contributed by atoms with Crippen LogP contribution in [-0.2, 0) is 14.2 Å². The number of rotatable bonds is 6. The summed E-state index contributed by atoms with van der Waals surface area (Å²) in [5, 5.41) is 0. The molecule has 1 aliphatic carbocycles. The van der Waals surface area contributed by atoms with E-state index in [1.807, 2.05) is 27.7 Å². The Bertz CT molecular complexity index is 325. The zero-order valence-corrected chi connectivity index (χ0v) is 14.1. The van der Waals surface area contributed by atoms with Crippen LogP contribution in [0.5, 0.6) is 0 Å². The summed E-state index contributed by atoms with van der Waals surface area (Å²) in [6.45, 7) is 7.70. The Kier molecular flexibility index (Phi) is 7.15. The first-order chi connectivity index (χ1) is 10.3. The Hall–Kier alpha value is -0.330. The maximum Gasteiger partial charge on any atom is 0.411 e. The van der Waals surface area contributed by atoms with E-state index in [4.69, 9.17) is 9.47 Å². The minimum absolute atomic E-state index is 0.0332. The van der Waals surface area contributed by atoms with Gasteiger partial charge in [0.1, 0.15) is 6.61 Å². The number of hydrogen-bond acceptors (Lipinski definition) is 3. The van der Waals surface area contributed by atoms with Crippen molar-refractivity contribution in [2.75, 3.05) is 26.4 Å². The van der Waals surface area contributed by atoms with Crippen molar-refractivity contribution >= 4 is 0 Å². The van der Waals surface area contributed by atoms with E-state index >= 15 is 0 Å². The minimum atomic E-state index is -4.27. The molecule has 2 fully saturated rings. The average molecular weight is 326 g/mol. The molecule has 1 spiro atoms. The second-order valence-corrected chi connectivity index (χ2v) is 6.27. The SMILES string of the molecule is CC.CC(C)(OCCOCC(F)(F)F)C1CCCC[C@]12CO2. The summed E-state index contributed by atoms with van der Waals surface area (Å²) < 4.78 is 51.8. The molecule has 1 aliphatic heterocycles. The fourth-order valence-electron chi connectivity index (χ4n) is 3.28. The lowest BCUT2D eigenvalue weighted by atomic mass is 9.71. The molecule has 1 saturated heterocycles. The Labute approximate surface area is 131 Å². The minimum Gasteiger partial charge on any atom is -0.373 e. The Morgan fingerprint density at radius 2 is 1.77 bits per heavy atom. The predicted molar refractivity (Wildman–Crippen MR) is 78.9 cm³/mol. The summed E-state index contributed by atoms with van der Waals surface area (Å²) in [5.74, 6) is 0.311. The van der Waals surface area contributed by atoms with E-state index in [0.717, 1.165) is 25.9 Å². The van der Waals surface area contributed by atoms with Crippen molar-refractivity contribution < 1.29 is 27.4 Å². The van der Waals surface area contributed by atoms with Crippen molar-refractivity contribution in [3.05, 3.63) is 0 Å². The summed E-state index contributed by atoms with van der Waals surface area (Å²) in [4.78, 5) is 0. The van der Waals surface area contributed by atoms with Crippen LogP contribution in [0.25, 0.3) is 0 Å². The quantitative estimate of drug-likeness (QED) is 0.537. The molecule has 2 atom stereocenters. The smallest absolute Gasteiger partial charge is 0.373 e. The fraction of sp³-hybridized carbons (Fsp3) is 1.00. The molecule has 2 aliphatic rings. The number of epoxide rings is 1. The Morgan fingerprint density at radius 3 is 2.32 bits per heavy atom. The van der Waals surface area contributed by atoms with Crippen molar-refractivity contribution in [2.45, 2.75) is 70.8 Å². The van der Waals surface area contributed by atoms with Gasteiger partial charge in [-0.25, -0.2) is 0 Å². The number of hydrogen-bond donors (Lipinski definition) is 0. The molecule has 0 amide bonds. The molecule has 1 unspecified atom stereocenters. The van der Waals surface area contributed by atoms with E-state index in [0.29, 0.717) is 5.92 Å². The molecule has 0 N–H and O–H groups in total. The molecule has 132 valence electrons. The van der Waals surface area contributed by atoms with E-state index < -0.39 is 18.4 Å². The van der Waals surface area contributed by atoms with Gasteiger partial charge in [-0.3, -0.25) is 0 Å². The first kappa shape index (κ1) is 19.7. The average Bonchev–Trinajstić information content (AvgIpc) is 3.19. The molecule has 0 aromatic carbocycles. The first-order valence-electron chi connectivity index (χ1n) is 8.18. The molecule has 6 heteroatoms. The molecule has 1 saturated carbocycles. The molecule has 2 rings (SSSR count). The van der Waals surface area contributed by atoms with Gasteiger partial charge in [-0.2, -0.15) is 13.2 Å². The first-order valence-corrected chi connectivity index (χ1v) is 8.18. The van der Waals surface area contributed by atoms with E-state index in [9.17, 15) is 13.2 Å². The molecule has 22 heavy (non-hydrogen) atoms. The highest BCUT2D eigenvalue weighted by molar-refractivity contribution is 5.06. The fourth-order valence-corrected chi connectivity index (χ4v) is 3.28. The van der Waals surface area contributed by atoms with Gasteiger partial charge in [-0.05, 0) is 26.7 Å². The summed E-state index contributed by atoms with van der Waals surface area (Å²) in [6, 6.07) is 0. The lowest BCUT2D eigenvalue weighted by Crippen LogP contribution is -2.46. The number of halogens is 3. The Balaban J connectivity index is 0.00000116. The van der Waals surface area contributed by atoms with Gasteiger partial charge in [0.2, 0.25) is 0 Å². The molecule has 0 aromatic heterocycles. The van der Waals surface area contributed by atoms with Crippen molar-refractivity contribution in [2.24, 2.45) is 5.92 Å². The summed E-state index contributed by atoms with van der Waals surface area (Å²) >= 11 is 0. The highest BCUT2D eigenvalue weighted by atomic mass is 19.4. The van der Waals surface area contributed by atoms with Crippen molar-refractivity contribution in [1.29, 1.82) is 0 Å². The number of alkyl halides is 3. The van der Waals surface area contributed by atoms with Crippen molar-refractivity contribution in [3.8, 4) is 0 Å². The Morgan fingerprint density at radius 1 is 1.14 bits per heavy atom. The normalized spacial score (nSPS) is 28.2. The van der Waals surface area contributed by atoms with E-state index in [2.05, 4.69) is 4.74 Å². The summed E-state index contributed by atoms with van der Waals surface area (Å²) in [7, 11) is 0. The molecule has 0 bridgehead atoms. The lowest BCUT2D eigenvalue weighted by Gasteiger charge is -2.41. The van der Waals surface area contributed by atoms with Crippen LogP contribution in [-0.4, -0.2) is 43.8 Å². The van der Waals surface area contributed by atoms with E-state index in [-0.39, 0.29) is 18.8 Å². The van der Waals surface area contributed by atoms with Crippen LogP contribution in [0.15, 0.2) is 0 Å². The standard InChI is InChI=1S/C14H23F3O3.C2H6/c1-12(2,19-8-7-18-10-14(15,16)17)11-5-3-4-6-13(11)9-20-13;1-2/h11H,3-10H2,1-2H3;1-2H3/t11?,13-;/m0./s1. The van der Waals surface area contributed by atoms with Crippen molar-refractivity contribution in [1.82, 2.24) is 0 Å². The molecular formula is C16H29F3O3. The van der Waals surface area contributed by atoms with Crippen LogP contribution < -0.4 is 0 Å². The van der Waals surface area contributed by atoms with Crippen LogP contribution in [0, 0.1) is 5.92 Å². The topological polar surface area (TPSA) is 31.0 Å². The second kappa shape index (κ2) is 7.97. The monoisotopic (exact) mass is 326 g/mol. The van der Waals surface area contributed by atoms with Gasteiger partial charge in [0.25, 0.3) is 0 Å². The van der Waals surface area contributed by atoms with Crippen LogP contribution in [0.3, 0.4) is 0 Å². The van der Waals surface area contributed by atoms with E-state index in [1.165, 1.54) is 6.42 Å². The molecule has 1 heterocycles. The third-order valence-corrected chi connectivity index (χ3v) is 4.30. The van der Waals surface area contributed by atoms with Crippen molar-refractivity contribution in [3.63, 3.8) is 0 Å². The summed E-state index contributed by atoms with van der Waals surface area (Å²) in [5.41, 5.74) is -0.424. The van der Waals surface area contributed by atoms with Gasteiger partial charge in [0, 0.05) is 5.92 Å². The zero-order valence-electron chi connectivity index (χ0n) is 14.1. The molecular weight excluding hydrogens is 297 g/mol. The second-order valence-electron chi connectivity index (χ2n) is 6.27. The van der Waals surface area contributed by atoms with Gasteiger partial charge in [-0.15, -0.1) is 0 Å². The van der Waals surface area contributed by atoms with E-state index in [1.54, 1.807) is 0 Å². The van der Waals surface area contributed by atoms with Crippen LogP contribution in [0.2, 0.25) is 0 Å². The van der Waals surface area contributed by atoms with Gasteiger partial charge in [0.05, 0.1) is 31.0 Å². The van der Waals surface area contributed by atoms with Gasteiger partial charge in [0.15, 0.2) is 0 Å². The maximum absolute atomic E-state index is 11.9. The van der Waals surface area contributed by atoms with Gasteiger partial charge >= 0.3 is 6.18 Å². The van der Waals surface area contributed by atoms with Crippen LogP contribution in [0.1, 0.15) is 53.4 Å². The molecule has 0 aromatic rings. The van der Waals surface area contributed by atoms with Crippen LogP contribution >= 0.6 is 0 Å². The molecule has 0 radical (unpaired) electrons. The lowest BCUT2D eigenvalue weighted by molar-refractivity contribution is -0.181. The largest absolute Gasteiger partial charge is 0.411 e. The zero-order chi connectivity index (χ0) is 16.9. The third kappa shape index (κ3) is 5.70. The predicted octanol–water partition coefficient (Wildman–Crippen LogP) is 4.35. The number of ether oxygens (including phenoxy) is 3. The van der Waals surface area contributed by atoms with Gasteiger partial charge < -0.3 is 14.2 Å². The van der Waals surface area contributed by atoms with Crippen LogP contribution in [0.4, 0.5) is 13.2 Å². The third-order valence-electron chi connectivity index (χ3n) is 4.30.